The molecule has 1 aliphatic rings. The van der Waals surface area contributed by atoms with Crippen molar-refractivity contribution in [1.82, 2.24) is 5.32 Å². The molecule has 8 nitrogen and oxygen atoms in total. The number of hydrogen-bond acceptors (Lipinski definition) is 6. The minimum Gasteiger partial charge on any atom is -0.325 e. The first-order chi connectivity index (χ1) is 10.9. The van der Waals surface area contributed by atoms with E-state index in [1.165, 1.54) is 30.0 Å². The van der Waals surface area contributed by atoms with Gasteiger partial charge in [-0.15, -0.1) is 0 Å². The van der Waals surface area contributed by atoms with Crippen molar-refractivity contribution < 1.29 is 14.5 Å². The van der Waals surface area contributed by atoms with Crippen LogP contribution in [0.2, 0.25) is 5.02 Å². The number of carbonyl (C=O) groups is 2. The molecule has 0 spiro atoms. The van der Waals surface area contributed by atoms with Crippen LogP contribution in [-0.4, -0.2) is 33.7 Å². The average Bonchev–Trinajstić information content (AvgIpc) is 2.81. The maximum atomic E-state index is 12.0. The van der Waals surface area contributed by atoms with Gasteiger partial charge in [-0.1, -0.05) is 23.4 Å². The summed E-state index contributed by atoms with van der Waals surface area (Å²) < 4.78 is 0. The number of hydrogen-bond donors (Lipinski definition) is 2. The van der Waals surface area contributed by atoms with Crippen LogP contribution in [0.25, 0.3) is 0 Å². The topological polar surface area (TPSA) is 114 Å². The maximum absolute atomic E-state index is 12.0. The van der Waals surface area contributed by atoms with Crippen LogP contribution in [-0.2, 0) is 9.59 Å². The second-order valence-corrected chi connectivity index (χ2v) is 6.15. The summed E-state index contributed by atoms with van der Waals surface area (Å²) in [7, 11) is 0. The van der Waals surface area contributed by atoms with Gasteiger partial charge in [0.25, 0.3) is 5.69 Å². The van der Waals surface area contributed by atoms with Gasteiger partial charge < -0.3 is 10.6 Å². The summed E-state index contributed by atoms with van der Waals surface area (Å²) >= 11 is 7.10. The number of thioether (sulfide) groups is 1. The summed E-state index contributed by atoms with van der Waals surface area (Å²) in [6.45, 7) is 2.37. The standard InChI is InChI=1S/C13H13ClN4O4S/c1-2-15-13-17-12(20)10(23-13)6-11(19)16-9-5-7(18(21)22)3-4-8(9)14/h3-5,10H,2,6H2,1H3,(H,16,19)(H,15,17,20)/t10-/m0/s1. The second kappa shape index (κ2) is 7.42. The summed E-state index contributed by atoms with van der Waals surface area (Å²) in [5, 5.41) is 15.9. The van der Waals surface area contributed by atoms with Gasteiger partial charge in [0.15, 0.2) is 5.17 Å². The molecule has 1 saturated heterocycles. The van der Waals surface area contributed by atoms with E-state index >= 15 is 0 Å². The molecule has 1 fully saturated rings. The number of nitrogens with one attached hydrogen (secondary N) is 2. The zero-order chi connectivity index (χ0) is 17.0. The molecule has 0 unspecified atom stereocenters. The van der Waals surface area contributed by atoms with Crippen LogP contribution in [0, 0.1) is 10.1 Å². The van der Waals surface area contributed by atoms with Gasteiger partial charge in [-0.3, -0.25) is 24.7 Å². The number of nitrogens with zero attached hydrogens (tertiary/aromatic N) is 2. The Morgan fingerprint density at radius 3 is 2.96 bits per heavy atom. The molecule has 23 heavy (non-hydrogen) atoms. The average molecular weight is 357 g/mol. The predicted molar refractivity (Wildman–Crippen MR) is 88.9 cm³/mol. The smallest absolute Gasteiger partial charge is 0.271 e. The number of benzene rings is 1. The van der Waals surface area contributed by atoms with Gasteiger partial charge >= 0.3 is 0 Å². The van der Waals surface area contributed by atoms with Crippen molar-refractivity contribution in [1.29, 1.82) is 0 Å². The van der Waals surface area contributed by atoms with E-state index in [4.69, 9.17) is 11.6 Å². The van der Waals surface area contributed by atoms with Crippen molar-refractivity contribution in [3.8, 4) is 0 Å². The quantitative estimate of drug-likeness (QED) is 0.620. The first-order valence-electron chi connectivity index (χ1n) is 6.66. The number of amides is 2. The number of amidine groups is 1. The van der Waals surface area contributed by atoms with Crippen LogP contribution >= 0.6 is 23.4 Å². The summed E-state index contributed by atoms with van der Waals surface area (Å²) in [5.41, 5.74) is -0.0493. The molecule has 0 saturated carbocycles. The Kier molecular flexibility index (Phi) is 5.56. The summed E-state index contributed by atoms with van der Waals surface area (Å²) in [4.78, 5) is 38.0. The number of halogens is 1. The molecule has 0 radical (unpaired) electrons. The second-order valence-electron chi connectivity index (χ2n) is 4.55. The summed E-state index contributed by atoms with van der Waals surface area (Å²) in [6.07, 6.45) is -0.0851. The summed E-state index contributed by atoms with van der Waals surface area (Å²) in [5.74, 6) is -0.750. The van der Waals surface area contributed by atoms with E-state index in [9.17, 15) is 19.7 Å². The van der Waals surface area contributed by atoms with Gasteiger partial charge in [0, 0.05) is 25.1 Å². The Labute approximate surface area is 140 Å². The van der Waals surface area contributed by atoms with Crippen molar-refractivity contribution in [2.45, 2.75) is 18.6 Å². The van der Waals surface area contributed by atoms with E-state index < -0.39 is 16.1 Å². The van der Waals surface area contributed by atoms with Crippen molar-refractivity contribution in [3.63, 3.8) is 0 Å². The zero-order valence-electron chi connectivity index (χ0n) is 12.0. The van der Waals surface area contributed by atoms with Gasteiger partial charge in [-0.25, -0.2) is 0 Å². The SMILES string of the molecule is CCN=C1NC(=O)[C@H](CC(=O)Nc2cc([N+](=O)[O-])ccc2Cl)S1. The number of anilines is 1. The molecule has 122 valence electrons. The molecule has 0 bridgehead atoms. The van der Waals surface area contributed by atoms with Gasteiger partial charge in [0.2, 0.25) is 11.8 Å². The third-order valence-electron chi connectivity index (χ3n) is 2.88. The minimum atomic E-state index is -0.585. The zero-order valence-corrected chi connectivity index (χ0v) is 13.6. The molecule has 0 aliphatic carbocycles. The first kappa shape index (κ1) is 17.2. The predicted octanol–water partition coefficient (Wildman–Crippen LogP) is 2.18. The Morgan fingerprint density at radius 1 is 1.57 bits per heavy atom. The highest BCUT2D eigenvalue weighted by atomic mass is 35.5. The normalized spacial score (nSPS) is 18.8. The summed E-state index contributed by atoms with van der Waals surface area (Å²) in [6, 6.07) is 3.75. The van der Waals surface area contributed by atoms with Crippen molar-refractivity contribution in [2.24, 2.45) is 4.99 Å². The first-order valence-corrected chi connectivity index (χ1v) is 7.92. The lowest BCUT2D eigenvalue weighted by Crippen LogP contribution is -2.28. The molecule has 10 heteroatoms. The molecule has 0 aromatic heterocycles. The van der Waals surface area contributed by atoms with Gasteiger partial charge in [-0.2, -0.15) is 0 Å². The van der Waals surface area contributed by atoms with Crippen LogP contribution in [0.15, 0.2) is 23.2 Å². The fraction of sp³-hybridized carbons (Fsp3) is 0.308. The van der Waals surface area contributed by atoms with Crippen LogP contribution in [0.3, 0.4) is 0 Å². The largest absolute Gasteiger partial charge is 0.325 e. The molecule has 2 N–H and O–H groups in total. The van der Waals surface area contributed by atoms with E-state index in [0.29, 0.717) is 11.7 Å². The van der Waals surface area contributed by atoms with Gasteiger partial charge in [0.05, 0.1) is 15.6 Å². The van der Waals surface area contributed by atoms with E-state index in [2.05, 4.69) is 15.6 Å². The van der Waals surface area contributed by atoms with E-state index in [-0.39, 0.29) is 28.7 Å². The number of carbonyl (C=O) groups excluding carboxylic acids is 2. The maximum Gasteiger partial charge on any atom is 0.271 e. The van der Waals surface area contributed by atoms with Crippen molar-refractivity contribution >= 4 is 51.7 Å². The van der Waals surface area contributed by atoms with Crippen LogP contribution in [0.4, 0.5) is 11.4 Å². The monoisotopic (exact) mass is 356 g/mol. The molecule has 1 atom stereocenters. The molecule has 1 heterocycles. The lowest BCUT2D eigenvalue weighted by molar-refractivity contribution is -0.384. The number of nitro groups is 1. The molecule has 1 aromatic carbocycles. The number of nitro benzene ring substituents is 1. The Bertz CT molecular complexity index is 695. The fourth-order valence-corrected chi connectivity index (χ4v) is 3.05. The number of rotatable bonds is 5. The van der Waals surface area contributed by atoms with E-state index in [1.54, 1.807) is 0 Å². The molecule has 2 rings (SSSR count). The Morgan fingerprint density at radius 2 is 2.30 bits per heavy atom. The highest BCUT2D eigenvalue weighted by Gasteiger charge is 2.32. The molecular formula is C13H13ClN4O4S. The highest BCUT2D eigenvalue weighted by molar-refractivity contribution is 8.15. The number of non-ortho nitro benzene ring substituents is 1. The highest BCUT2D eigenvalue weighted by Crippen LogP contribution is 2.28. The Hall–Kier alpha value is -2.13. The lowest BCUT2D eigenvalue weighted by Gasteiger charge is -2.08. The minimum absolute atomic E-state index is 0.0851. The fourth-order valence-electron chi connectivity index (χ4n) is 1.85. The van der Waals surface area contributed by atoms with Crippen molar-refractivity contribution in [2.75, 3.05) is 11.9 Å². The molecular weight excluding hydrogens is 344 g/mol. The van der Waals surface area contributed by atoms with Crippen molar-refractivity contribution in [3.05, 3.63) is 33.3 Å². The molecule has 2 amide bonds. The third kappa shape index (κ3) is 4.42. The molecule has 1 aliphatic heterocycles. The van der Waals surface area contributed by atoms with Gasteiger partial charge in [-0.05, 0) is 13.0 Å². The van der Waals surface area contributed by atoms with Crippen LogP contribution < -0.4 is 10.6 Å². The Balaban J connectivity index is 2.03. The van der Waals surface area contributed by atoms with E-state index in [0.717, 1.165) is 0 Å². The number of aliphatic imine (C=N–C) groups is 1. The lowest BCUT2D eigenvalue weighted by atomic mass is 10.2. The third-order valence-corrected chi connectivity index (χ3v) is 4.33. The molecule has 1 aromatic rings. The van der Waals surface area contributed by atoms with Crippen LogP contribution in [0.5, 0.6) is 0 Å². The van der Waals surface area contributed by atoms with E-state index in [1.807, 2.05) is 6.92 Å². The van der Waals surface area contributed by atoms with Gasteiger partial charge in [0.1, 0.15) is 5.25 Å². The van der Waals surface area contributed by atoms with Crippen LogP contribution in [0.1, 0.15) is 13.3 Å².